The molecule has 5 nitrogen and oxygen atoms in total. The first kappa shape index (κ1) is 20.9. The zero-order valence-electron chi connectivity index (χ0n) is 16.6. The fraction of sp³-hybridized carbons (Fsp3) is 0.364. The van der Waals surface area contributed by atoms with Crippen LogP contribution in [0.3, 0.4) is 0 Å². The number of hydrogen-bond acceptors (Lipinski definition) is 4. The molecule has 1 aliphatic carbocycles. The molecule has 1 aliphatic rings. The van der Waals surface area contributed by atoms with Gasteiger partial charge >= 0.3 is 0 Å². The lowest BCUT2D eigenvalue weighted by atomic mass is 9.96. The van der Waals surface area contributed by atoms with E-state index < -0.39 is 11.9 Å². The molecule has 0 unspecified atom stereocenters. The lowest BCUT2D eigenvalue weighted by molar-refractivity contribution is 0.227. The molecule has 30 heavy (non-hydrogen) atoms. The molecule has 1 atom stereocenters. The van der Waals surface area contributed by atoms with Crippen LogP contribution in [0.2, 0.25) is 10.0 Å². The van der Waals surface area contributed by atoms with Gasteiger partial charge < -0.3 is 10.5 Å². The molecule has 0 amide bonds. The Hall–Kier alpha value is -2.31. The van der Waals surface area contributed by atoms with Crippen molar-refractivity contribution in [1.29, 1.82) is 0 Å². The van der Waals surface area contributed by atoms with Gasteiger partial charge in [0.1, 0.15) is 11.9 Å². The summed E-state index contributed by atoms with van der Waals surface area (Å²) in [4.78, 5) is 4.26. The van der Waals surface area contributed by atoms with E-state index in [1.807, 2.05) is 23.1 Å². The monoisotopic (exact) mass is 448 g/mol. The van der Waals surface area contributed by atoms with Crippen LogP contribution in [0.25, 0.3) is 11.1 Å². The quantitative estimate of drug-likeness (QED) is 0.445. The first-order valence-corrected chi connectivity index (χ1v) is 10.8. The molecule has 1 fully saturated rings. The van der Waals surface area contributed by atoms with Crippen molar-refractivity contribution < 1.29 is 9.13 Å². The number of nitrogens with zero attached hydrogens (tertiary/aromatic N) is 3. The number of aromatic nitrogens is 3. The van der Waals surface area contributed by atoms with E-state index >= 15 is 0 Å². The number of ether oxygens (including phenoxy) is 1. The van der Waals surface area contributed by atoms with Gasteiger partial charge in [-0.05, 0) is 38.0 Å². The average molecular weight is 449 g/mol. The van der Waals surface area contributed by atoms with Gasteiger partial charge in [0.15, 0.2) is 11.6 Å². The molecule has 2 aromatic heterocycles. The van der Waals surface area contributed by atoms with Crippen LogP contribution in [0.15, 0.2) is 36.8 Å². The summed E-state index contributed by atoms with van der Waals surface area (Å²) < 4.78 is 21.9. The number of nitrogens with two attached hydrogens (primary N) is 1. The van der Waals surface area contributed by atoms with E-state index in [0.717, 1.165) is 24.0 Å². The van der Waals surface area contributed by atoms with E-state index in [-0.39, 0.29) is 10.8 Å². The van der Waals surface area contributed by atoms with Crippen LogP contribution < -0.4 is 10.5 Å². The second-order valence-corrected chi connectivity index (χ2v) is 8.41. The summed E-state index contributed by atoms with van der Waals surface area (Å²) in [5.41, 5.74) is 8.17. The maximum Gasteiger partial charge on any atom is 0.166 e. The molecular formula is C22H23Cl2FN4O. The van der Waals surface area contributed by atoms with E-state index in [0.29, 0.717) is 22.4 Å². The minimum Gasteiger partial charge on any atom is -0.482 e. The van der Waals surface area contributed by atoms with Crippen molar-refractivity contribution in [3.63, 3.8) is 0 Å². The van der Waals surface area contributed by atoms with E-state index in [9.17, 15) is 4.39 Å². The second kappa shape index (κ2) is 8.82. The number of nitrogen functional groups attached to an aromatic ring is 1. The number of pyridine rings is 1. The van der Waals surface area contributed by atoms with Crippen molar-refractivity contribution in [2.45, 2.75) is 51.2 Å². The van der Waals surface area contributed by atoms with Gasteiger partial charge in [0.2, 0.25) is 0 Å². The highest BCUT2D eigenvalue weighted by atomic mass is 35.5. The minimum absolute atomic E-state index is 0.0635. The third kappa shape index (κ3) is 4.25. The first-order valence-electron chi connectivity index (χ1n) is 10.0. The molecule has 2 heterocycles. The van der Waals surface area contributed by atoms with Crippen molar-refractivity contribution in [3.05, 3.63) is 58.2 Å². The molecule has 0 bridgehead atoms. The Morgan fingerprint density at radius 2 is 1.93 bits per heavy atom. The summed E-state index contributed by atoms with van der Waals surface area (Å²) in [5.74, 6) is 0.0530. The Kier molecular flexibility index (Phi) is 6.16. The van der Waals surface area contributed by atoms with Crippen molar-refractivity contribution in [1.82, 2.24) is 14.8 Å². The van der Waals surface area contributed by atoms with Gasteiger partial charge in [0.25, 0.3) is 0 Å². The molecule has 158 valence electrons. The summed E-state index contributed by atoms with van der Waals surface area (Å²) in [6.45, 7) is 1.74. The van der Waals surface area contributed by atoms with Crippen LogP contribution in [0, 0.1) is 5.82 Å². The summed E-state index contributed by atoms with van der Waals surface area (Å²) in [6, 6.07) is 4.93. The van der Waals surface area contributed by atoms with Crippen molar-refractivity contribution in [2.75, 3.05) is 5.73 Å². The Labute approximate surface area is 185 Å². The van der Waals surface area contributed by atoms with Gasteiger partial charge in [0.05, 0.1) is 17.3 Å². The van der Waals surface area contributed by atoms with E-state index in [1.54, 1.807) is 13.1 Å². The number of benzene rings is 1. The Balaban J connectivity index is 1.58. The summed E-state index contributed by atoms with van der Waals surface area (Å²) in [7, 11) is 0. The molecule has 0 radical (unpaired) electrons. The van der Waals surface area contributed by atoms with Gasteiger partial charge in [0, 0.05) is 34.1 Å². The van der Waals surface area contributed by atoms with Crippen LogP contribution in [0.1, 0.15) is 56.7 Å². The summed E-state index contributed by atoms with van der Waals surface area (Å²) >= 11 is 12.3. The molecule has 2 N–H and O–H groups in total. The molecule has 0 spiro atoms. The third-order valence-electron chi connectivity index (χ3n) is 5.56. The molecular weight excluding hydrogens is 426 g/mol. The van der Waals surface area contributed by atoms with Crippen LogP contribution >= 0.6 is 23.2 Å². The van der Waals surface area contributed by atoms with Crippen LogP contribution in [-0.4, -0.2) is 14.8 Å². The number of rotatable bonds is 5. The van der Waals surface area contributed by atoms with Gasteiger partial charge in [-0.2, -0.15) is 5.10 Å². The fourth-order valence-corrected chi connectivity index (χ4v) is 4.58. The highest BCUT2D eigenvalue weighted by molar-refractivity contribution is 6.36. The average Bonchev–Trinajstić information content (AvgIpc) is 3.24. The minimum atomic E-state index is -0.620. The number of hydrogen-bond donors (Lipinski definition) is 1. The van der Waals surface area contributed by atoms with Crippen LogP contribution in [-0.2, 0) is 0 Å². The normalized spacial score (nSPS) is 15.9. The zero-order chi connectivity index (χ0) is 21.3. The predicted molar refractivity (Wildman–Crippen MR) is 117 cm³/mol. The highest BCUT2D eigenvalue weighted by Gasteiger charge is 2.21. The smallest absolute Gasteiger partial charge is 0.166 e. The largest absolute Gasteiger partial charge is 0.482 e. The summed E-state index contributed by atoms with van der Waals surface area (Å²) in [5, 5.41) is 4.81. The maximum absolute atomic E-state index is 13.9. The molecule has 1 aromatic carbocycles. The second-order valence-electron chi connectivity index (χ2n) is 7.63. The van der Waals surface area contributed by atoms with Gasteiger partial charge in [-0.15, -0.1) is 0 Å². The molecule has 8 heteroatoms. The number of halogens is 3. The van der Waals surface area contributed by atoms with E-state index in [4.69, 9.17) is 33.7 Å². The lowest BCUT2D eigenvalue weighted by Crippen LogP contribution is -2.12. The van der Waals surface area contributed by atoms with E-state index in [1.165, 1.54) is 31.4 Å². The SMILES string of the molecule is C[C@@H](Oc1cc(-c2cnn(C3CCCCC3)c2)cnc1N)c1c(Cl)ccc(F)c1Cl. The fourth-order valence-electron chi connectivity index (χ4n) is 3.90. The Morgan fingerprint density at radius 1 is 1.17 bits per heavy atom. The van der Waals surface area contributed by atoms with E-state index in [2.05, 4.69) is 10.1 Å². The molecule has 4 rings (SSSR count). The maximum atomic E-state index is 13.9. The third-order valence-corrected chi connectivity index (χ3v) is 6.27. The van der Waals surface area contributed by atoms with Crippen LogP contribution in [0.5, 0.6) is 5.75 Å². The van der Waals surface area contributed by atoms with Crippen molar-refractivity contribution in [2.24, 2.45) is 0 Å². The molecule has 3 aromatic rings. The standard InChI is InChI=1S/C22H23Cl2FN4O/c1-13(20-17(23)7-8-18(25)21(20)24)30-19-9-14(10-27-22(19)26)15-11-28-29(12-15)16-5-3-2-4-6-16/h7-13,16H,2-6H2,1H3,(H2,26,27)/t13-/m1/s1. The predicted octanol–water partition coefficient (Wildman–Crippen LogP) is 6.62. The van der Waals surface area contributed by atoms with Gasteiger partial charge in [-0.3, -0.25) is 4.68 Å². The Bertz CT molecular complexity index is 1050. The van der Waals surface area contributed by atoms with Crippen molar-refractivity contribution in [3.8, 4) is 16.9 Å². The number of anilines is 1. The first-order chi connectivity index (χ1) is 14.4. The van der Waals surface area contributed by atoms with Crippen molar-refractivity contribution >= 4 is 29.0 Å². The molecule has 0 saturated heterocycles. The molecule has 0 aliphatic heterocycles. The summed E-state index contributed by atoms with van der Waals surface area (Å²) in [6.07, 6.45) is 11.0. The van der Waals surface area contributed by atoms with Crippen LogP contribution in [0.4, 0.5) is 10.2 Å². The molecule has 1 saturated carbocycles. The zero-order valence-corrected chi connectivity index (χ0v) is 18.1. The topological polar surface area (TPSA) is 66.0 Å². The highest BCUT2D eigenvalue weighted by Crippen LogP contribution is 2.37. The van der Waals surface area contributed by atoms with Gasteiger partial charge in [-0.1, -0.05) is 42.5 Å². The lowest BCUT2D eigenvalue weighted by Gasteiger charge is -2.21. The van der Waals surface area contributed by atoms with Gasteiger partial charge in [-0.25, -0.2) is 9.37 Å². The Morgan fingerprint density at radius 3 is 2.70 bits per heavy atom.